The van der Waals surface area contributed by atoms with Crippen molar-refractivity contribution < 1.29 is 0 Å². The molecule has 0 aliphatic heterocycles. The quantitative estimate of drug-likeness (QED) is 0.805. The van der Waals surface area contributed by atoms with E-state index in [1.807, 2.05) is 38.2 Å². The molecule has 2 aromatic heterocycles. The van der Waals surface area contributed by atoms with Gasteiger partial charge in [0.15, 0.2) is 0 Å². The number of rotatable bonds is 4. The topological polar surface area (TPSA) is 55.6 Å². The number of halogens is 1. The molecule has 108 valence electrons. The molecule has 0 saturated heterocycles. The van der Waals surface area contributed by atoms with Crippen LogP contribution in [0.2, 0.25) is 5.02 Å². The van der Waals surface area contributed by atoms with E-state index < -0.39 is 0 Å². The first-order valence-electron chi connectivity index (χ1n) is 6.83. The summed E-state index contributed by atoms with van der Waals surface area (Å²) >= 11 is 6.27. The third kappa shape index (κ3) is 2.62. The van der Waals surface area contributed by atoms with Crippen LogP contribution in [0.15, 0.2) is 36.7 Å². The maximum absolute atomic E-state index is 6.27. The van der Waals surface area contributed by atoms with Crippen LogP contribution in [0.25, 0.3) is 11.0 Å². The first-order chi connectivity index (χ1) is 10.2. The van der Waals surface area contributed by atoms with Gasteiger partial charge in [-0.05, 0) is 18.7 Å². The molecule has 0 aliphatic rings. The number of hydrogen-bond donors (Lipinski definition) is 1. The summed E-state index contributed by atoms with van der Waals surface area (Å²) in [4.78, 5) is 9.19. The lowest BCUT2D eigenvalue weighted by Gasteiger charge is -2.18. The minimum atomic E-state index is -0.132. The van der Waals surface area contributed by atoms with Crippen LogP contribution in [0.3, 0.4) is 0 Å². The largest absolute Gasteiger partial charge is 0.304 e. The van der Waals surface area contributed by atoms with Gasteiger partial charge in [-0.25, -0.2) is 4.98 Å². The molecule has 3 rings (SSSR count). The van der Waals surface area contributed by atoms with Crippen LogP contribution in [0.5, 0.6) is 0 Å². The molecule has 6 heteroatoms. The fraction of sp³-hybridized carbons (Fsp3) is 0.267. The molecule has 5 nitrogen and oxygen atoms in total. The monoisotopic (exact) mass is 301 g/mol. The Labute approximate surface area is 128 Å². The van der Waals surface area contributed by atoms with E-state index in [1.165, 1.54) is 0 Å². The molecule has 1 atom stereocenters. The average molecular weight is 302 g/mol. The minimum Gasteiger partial charge on any atom is -0.304 e. The zero-order valence-corrected chi connectivity index (χ0v) is 12.7. The normalized spacial score (nSPS) is 12.7. The van der Waals surface area contributed by atoms with Gasteiger partial charge in [-0.15, -0.1) is 0 Å². The summed E-state index contributed by atoms with van der Waals surface area (Å²) in [7, 11) is 1.88. The zero-order valence-electron chi connectivity index (χ0n) is 11.9. The van der Waals surface area contributed by atoms with Gasteiger partial charge in [0.25, 0.3) is 0 Å². The van der Waals surface area contributed by atoms with Gasteiger partial charge in [0, 0.05) is 7.05 Å². The third-order valence-corrected chi connectivity index (χ3v) is 3.67. The molecular formula is C15H16ClN5. The van der Waals surface area contributed by atoms with Crippen molar-refractivity contribution in [3.63, 3.8) is 0 Å². The summed E-state index contributed by atoms with van der Waals surface area (Å²) in [5.74, 6) is 0. The van der Waals surface area contributed by atoms with E-state index in [1.54, 1.807) is 17.1 Å². The molecule has 0 spiro atoms. The average Bonchev–Trinajstić information content (AvgIpc) is 2.84. The Bertz CT molecular complexity index is 748. The molecule has 3 aromatic rings. The van der Waals surface area contributed by atoms with Crippen LogP contribution >= 0.6 is 11.6 Å². The molecule has 21 heavy (non-hydrogen) atoms. The van der Waals surface area contributed by atoms with E-state index in [-0.39, 0.29) is 6.04 Å². The van der Waals surface area contributed by atoms with Gasteiger partial charge in [0.1, 0.15) is 0 Å². The van der Waals surface area contributed by atoms with Gasteiger partial charge in [-0.1, -0.05) is 30.7 Å². The van der Waals surface area contributed by atoms with Gasteiger partial charge >= 0.3 is 0 Å². The van der Waals surface area contributed by atoms with Crippen molar-refractivity contribution in [1.82, 2.24) is 25.1 Å². The van der Waals surface area contributed by atoms with Crippen LogP contribution in [-0.4, -0.2) is 26.3 Å². The highest BCUT2D eigenvalue weighted by molar-refractivity contribution is 6.31. The third-order valence-electron chi connectivity index (χ3n) is 3.38. The molecule has 0 fully saturated rings. The summed E-state index contributed by atoms with van der Waals surface area (Å²) in [6, 6.07) is 7.69. The standard InChI is InChI=1S/C15H16ClN5/c1-3-17-14(15-10(16)8-19-21(15)2)13-9-18-11-6-4-5-7-12(11)20-13/h4-9,14,17H,3H2,1-2H3. The second-order valence-electron chi connectivity index (χ2n) is 4.78. The molecule has 1 aromatic carbocycles. The number of nitrogens with zero attached hydrogens (tertiary/aromatic N) is 4. The second-order valence-corrected chi connectivity index (χ2v) is 5.18. The maximum Gasteiger partial charge on any atom is 0.0952 e. The number of aromatic nitrogens is 4. The van der Waals surface area contributed by atoms with E-state index in [9.17, 15) is 0 Å². The van der Waals surface area contributed by atoms with Crippen molar-refractivity contribution in [3.05, 3.63) is 53.1 Å². The Hall–Kier alpha value is -1.98. The molecule has 1 unspecified atom stereocenters. The molecule has 0 aliphatic carbocycles. The van der Waals surface area contributed by atoms with Crippen molar-refractivity contribution in [2.75, 3.05) is 6.54 Å². The number of nitrogens with one attached hydrogen (secondary N) is 1. The van der Waals surface area contributed by atoms with Gasteiger partial charge in [-0.3, -0.25) is 9.67 Å². The molecular weight excluding hydrogens is 286 g/mol. The van der Waals surface area contributed by atoms with Crippen molar-refractivity contribution in [2.45, 2.75) is 13.0 Å². The highest BCUT2D eigenvalue weighted by Gasteiger charge is 2.22. The zero-order chi connectivity index (χ0) is 14.8. The Morgan fingerprint density at radius 3 is 2.67 bits per heavy atom. The van der Waals surface area contributed by atoms with E-state index in [0.717, 1.165) is 29.0 Å². The number of benzene rings is 1. The maximum atomic E-state index is 6.27. The molecule has 0 saturated carbocycles. The fourth-order valence-electron chi connectivity index (χ4n) is 2.40. The van der Waals surface area contributed by atoms with Crippen molar-refractivity contribution in [1.29, 1.82) is 0 Å². The molecule has 0 amide bonds. The summed E-state index contributed by atoms with van der Waals surface area (Å²) in [5.41, 5.74) is 3.48. The summed E-state index contributed by atoms with van der Waals surface area (Å²) in [6.45, 7) is 2.84. The smallest absolute Gasteiger partial charge is 0.0952 e. The van der Waals surface area contributed by atoms with Crippen LogP contribution in [0.1, 0.15) is 24.4 Å². The number of hydrogen-bond acceptors (Lipinski definition) is 4. The van der Waals surface area contributed by atoms with Gasteiger partial charge < -0.3 is 5.32 Å². The van der Waals surface area contributed by atoms with Gasteiger partial charge in [-0.2, -0.15) is 5.10 Å². The SMILES string of the molecule is CCNC(c1cnc2ccccc2n1)c1c(Cl)cnn1C. The van der Waals surface area contributed by atoms with Crippen LogP contribution in [0, 0.1) is 0 Å². The highest BCUT2D eigenvalue weighted by Crippen LogP contribution is 2.27. The van der Waals surface area contributed by atoms with Gasteiger partial charge in [0.05, 0.1) is 45.9 Å². The highest BCUT2D eigenvalue weighted by atomic mass is 35.5. The molecule has 1 N–H and O–H groups in total. The van der Waals surface area contributed by atoms with Crippen LogP contribution < -0.4 is 5.32 Å². The van der Waals surface area contributed by atoms with E-state index in [2.05, 4.69) is 15.4 Å². The minimum absolute atomic E-state index is 0.132. The number of aryl methyl sites for hydroxylation is 1. The Kier molecular flexibility index (Phi) is 3.86. The molecule has 0 radical (unpaired) electrons. The van der Waals surface area contributed by atoms with Crippen molar-refractivity contribution in [2.24, 2.45) is 7.05 Å². The molecule has 0 bridgehead atoms. The van der Waals surface area contributed by atoms with E-state index >= 15 is 0 Å². The Morgan fingerprint density at radius 2 is 2.00 bits per heavy atom. The summed E-state index contributed by atoms with van der Waals surface area (Å²) < 4.78 is 1.77. The predicted molar refractivity (Wildman–Crippen MR) is 83.3 cm³/mol. The number of fused-ring (bicyclic) bond motifs is 1. The van der Waals surface area contributed by atoms with E-state index in [4.69, 9.17) is 16.6 Å². The van der Waals surface area contributed by atoms with Crippen LogP contribution in [-0.2, 0) is 7.05 Å². The van der Waals surface area contributed by atoms with Crippen molar-refractivity contribution in [3.8, 4) is 0 Å². The van der Waals surface area contributed by atoms with Crippen LogP contribution in [0.4, 0.5) is 0 Å². The first kappa shape index (κ1) is 14.0. The Balaban J connectivity index is 2.11. The molecule has 2 heterocycles. The lowest BCUT2D eigenvalue weighted by molar-refractivity contribution is 0.562. The lowest BCUT2D eigenvalue weighted by atomic mass is 10.1. The Morgan fingerprint density at radius 1 is 1.24 bits per heavy atom. The fourth-order valence-corrected chi connectivity index (χ4v) is 2.68. The second kappa shape index (κ2) is 5.79. The number of para-hydroxylation sites is 2. The van der Waals surface area contributed by atoms with E-state index in [0.29, 0.717) is 5.02 Å². The van der Waals surface area contributed by atoms with Crippen molar-refractivity contribution >= 4 is 22.6 Å². The predicted octanol–water partition coefficient (Wildman–Crippen LogP) is 2.72. The van der Waals surface area contributed by atoms with Gasteiger partial charge in [0.2, 0.25) is 0 Å². The summed E-state index contributed by atoms with van der Waals surface area (Å²) in [6.07, 6.45) is 3.44. The first-order valence-corrected chi connectivity index (χ1v) is 7.21. The lowest BCUT2D eigenvalue weighted by Crippen LogP contribution is -2.25. The summed E-state index contributed by atoms with van der Waals surface area (Å²) in [5, 5.41) is 8.23.